The van der Waals surface area contributed by atoms with Gasteiger partial charge in [-0.2, -0.15) is 0 Å². The third-order valence-corrected chi connectivity index (χ3v) is 5.49. The van der Waals surface area contributed by atoms with E-state index >= 15 is 0 Å². The van der Waals surface area contributed by atoms with Crippen molar-refractivity contribution in [1.29, 1.82) is 0 Å². The van der Waals surface area contributed by atoms with Gasteiger partial charge in [0, 0.05) is 25.8 Å². The predicted octanol–water partition coefficient (Wildman–Crippen LogP) is 3.89. The standard InChI is InChI=1S/C21H23ClN4O2S/c1-28-13-7-12-23-19(27)15-29-21-25-24-20(17-10-5-6-11-18(17)22)26(21)14-16-8-3-2-4-9-16/h2-6,8-11H,7,12-15H2,1H3,(H,23,27). The average molecular weight is 431 g/mol. The van der Waals surface area contributed by atoms with E-state index < -0.39 is 0 Å². The number of methoxy groups -OCH3 is 1. The Morgan fingerprint density at radius 2 is 1.90 bits per heavy atom. The summed E-state index contributed by atoms with van der Waals surface area (Å²) >= 11 is 7.75. The summed E-state index contributed by atoms with van der Waals surface area (Å²) in [5.74, 6) is 0.907. The molecule has 3 aromatic rings. The van der Waals surface area contributed by atoms with Crippen LogP contribution in [-0.2, 0) is 16.1 Å². The number of carbonyl (C=O) groups is 1. The number of thioether (sulfide) groups is 1. The molecule has 6 nitrogen and oxygen atoms in total. The molecule has 0 radical (unpaired) electrons. The van der Waals surface area contributed by atoms with Gasteiger partial charge in [-0.3, -0.25) is 9.36 Å². The highest BCUT2D eigenvalue weighted by Gasteiger charge is 2.17. The molecule has 2 aromatic carbocycles. The van der Waals surface area contributed by atoms with E-state index in [1.165, 1.54) is 11.8 Å². The van der Waals surface area contributed by atoms with Crippen LogP contribution in [0.15, 0.2) is 59.8 Å². The molecule has 0 unspecified atom stereocenters. The minimum Gasteiger partial charge on any atom is -0.385 e. The second-order valence-electron chi connectivity index (χ2n) is 6.34. The van der Waals surface area contributed by atoms with E-state index in [-0.39, 0.29) is 11.7 Å². The van der Waals surface area contributed by atoms with Crippen molar-refractivity contribution in [3.8, 4) is 11.4 Å². The number of halogens is 1. The van der Waals surface area contributed by atoms with Crippen LogP contribution in [0.3, 0.4) is 0 Å². The highest BCUT2D eigenvalue weighted by Crippen LogP contribution is 2.29. The lowest BCUT2D eigenvalue weighted by Crippen LogP contribution is -2.27. The van der Waals surface area contributed by atoms with E-state index in [0.29, 0.717) is 35.7 Å². The molecule has 1 amide bonds. The highest BCUT2D eigenvalue weighted by atomic mass is 35.5. The average Bonchev–Trinajstić information content (AvgIpc) is 3.13. The van der Waals surface area contributed by atoms with Crippen molar-refractivity contribution in [3.63, 3.8) is 0 Å². The van der Waals surface area contributed by atoms with E-state index in [4.69, 9.17) is 16.3 Å². The van der Waals surface area contributed by atoms with Gasteiger partial charge >= 0.3 is 0 Å². The van der Waals surface area contributed by atoms with Crippen LogP contribution in [0.25, 0.3) is 11.4 Å². The normalized spacial score (nSPS) is 10.8. The number of ether oxygens (including phenoxy) is 1. The minimum atomic E-state index is -0.0420. The number of nitrogens with zero attached hydrogens (tertiary/aromatic N) is 3. The Balaban J connectivity index is 1.78. The number of amides is 1. The molecule has 0 aliphatic heterocycles. The van der Waals surface area contributed by atoms with Gasteiger partial charge < -0.3 is 10.1 Å². The van der Waals surface area contributed by atoms with Gasteiger partial charge in [0.1, 0.15) is 0 Å². The van der Waals surface area contributed by atoms with Crippen LogP contribution >= 0.6 is 23.4 Å². The van der Waals surface area contributed by atoms with Crippen LogP contribution in [0, 0.1) is 0 Å². The fourth-order valence-electron chi connectivity index (χ4n) is 2.77. The molecule has 0 atom stereocenters. The number of hydrogen-bond donors (Lipinski definition) is 1. The Bertz CT molecular complexity index is 933. The minimum absolute atomic E-state index is 0.0420. The molecule has 29 heavy (non-hydrogen) atoms. The van der Waals surface area contributed by atoms with Crippen molar-refractivity contribution in [3.05, 3.63) is 65.2 Å². The van der Waals surface area contributed by atoms with Crippen molar-refractivity contribution in [1.82, 2.24) is 20.1 Å². The fourth-order valence-corrected chi connectivity index (χ4v) is 3.76. The molecule has 1 heterocycles. The van der Waals surface area contributed by atoms with Crippen molar-refractivity contribution in [2.45, 2.75) is 18.1 Å². The molecule has 0 saturated heterocycles. The van der Waals surface area contributed by atoms with E-state index in [9.17, 15) is 4.79 Å². The summed E-state index contributed by atoms with van der Waals surface area (Å²) in [4.78, 5) is 12.1. The summed E-state index contributed by atoms with van der Waals surface area (Å²) in [5.41, 5.74) is 1.93. The van der Waals surface area contributed by atoms with E-state index in [1.807, 2.05) is 59.2 Å². The smallest absolute Gasteiger partial charge is 0.230 e. The van der Waals surface area contributed by atoms with Gasteiger partial charge in [0.05, 0.1) is 17.3 Å². The second kappa shape index (κ2) is 11.0. The third-order valence-electron chi connectivity index (χ3n) is 4.19. The molecule has 3 rings (SSSR count). The molecular formula is C21H23ClN4O2S. The zero-order valence-electron chi connectivity index (χ0n) is 16.2. The zero-order valence-corrected chi connectivity index (χ0v) is 17.7. The Kier molecular flexibility index (Phi) is 8.10. The first-order valence-electron chi connectivity index (χ1n) is 9.29. The number of carbonyl (C=O) groups excluding carboxylic acids is 1. The maximum absolute atomic E-state index is 12.1. The molecule has 1 N–H and O–H groups in total. The molecule has 0 bridgehead atoms. The fraction of sp³-hybridized carbons (Fsp3) is 0.286. The largest absolute Gasteiger partial charge is 0.385 e. The third kappa shape index (κ3) is 6.06. The molecule has 0 aliphatic rings. The van der Waals surface area contributed by atoms with Crippen LogP contribution in [-0.4, -0.2) is 46.7 Å². The summed E-state index contributed by atoms with van der Waals surface area (Å²) in [5, 5.41) is 12.9. The molecule has 0 aliphatic carbocycles. The molecular weight excluding hydrogens is 408 g/mol. The Morgan fingerprint density at radius 3 is 2.66 bits per heavy atom. The lowest BCUT2D eigenvalue weighted by molar-refractivity contribution is -0.118. The second-order valence-corrected chi connectivity index (χ2v) is 7.69. The summed E-state index contributed by atoms with van der Waals surface area (Å²) in [6.07, 6.45) is 0.785. The lowest BCUT2D eigenvalue weighted by Gasteiger charge is -2.11. The van der Waals surface area contributed by atoms with Gasteiger partial charge in [0.25, 0.3) is 0 Å². The van der Waals surface area contributed by atoms with E-state index in [0.717, 1.165) is 17.5 Å². The van der Waals surface area contributed by atoms with Gasteiger partial charge in [-0.1, -0.05) is 65.8 Å². The van der Waals surface area contributed by atoms with Crippen molar-refractivity contribution in [2.24, 2.45) is 0 Å². The van der Waals surface area contributed by atoms with Gasteiger partial charge in [-0.25, -0.2) is 0 Å². The van der Waals surface area contributed by atoms with Gasteiger partial charge in [-0.15, -0.1) is 10.2 Å². The van der Waals surface area contributed by atoms with E-state index in [2.05, 4.69) is 15.5 Å². The summed E-state index contributed by atoms with van der Waals surface area (Å²) in [6.45, 7) is 1.81. The maximum Gasteiger partial charge on any atom is 0.230 e. The van der Waals surface area contributed by atoms with Crippen LogP contribution in [0.2, 0.25) is 5.02 Å². The molecule has 0 spiro atoms. The Morgan fingerprint density at radius 1 is 1.14 bits per heavy atom. The van der Waals surface area contributed by atoms with Crippen LogP contribution in [0.4, 0.5) is 0 Å². The number of benzene rings is 2. The van der Waals surface area contributed by atoms with Gasteiger partial charge in [0.15, 0.2) is 11.0 Å². The quantitative estimate of drug-likeness (QED) is 0.390. The first-order valence-corrected chi connectivity index (χ1v) is 10.7. The number of hydrogen-bond acceptors (Lipinski definition) is 5. The summed E-state index contributed by atoms with van der Waals surface area (Å²) in [7, 11) is 1.65. The number of nitrogens with one attached hydrogen (secondary N) is 1. The first kappa shape index (κ1) is 21.4. The SMILES string of the molecule is COCCCNC(=O)CSc1nnc(-c2ccccc2Cl)n1Cc1ccccc1. The van der Waals surface area contributed by atoms with Crippen molar-refractivity contribution >= 4 is 29.3 Å². The number of aromatic nitrogens is 3. The highest BCUT2D eigenvalue weighted by molar-refractivity contribution is 7.99. The van der Waals surface area contributed by atoms with Crippen LogP contribution in [0.1, 0.15) is 12.0 Å². The lowest BCUT2D eigenvalue weighted by atomic mass is 10.2. The Labute approximate surface area is 179 Å². The maximum atomic E-state index is 12.1. The van der Waals surface area contributed by atoms with Crippen molar-refractivity contribution in [2.75, 3.05) is 26.0 Å². The van der Waals surface area contributed by atoms with Gasteiger partial charge in [-0.05, 0) is 24.1 Å². The molecule has 1 aromatic heterocycles. The van der Waals surface area contributed by atoms with Crippen molar-refractivity contribution < 1.29 is 9.53 Å². The monoisotopic (exact) mass is 430 g/mol. The topological polar surface area (TPSA) is 69.0 Å². The number of rotatable bonds is 10. The summed E-state index contributed by atoms with van der Waals surface area (Å²) < 4.78 is 6.99. The summed E-state index contributed by atoms with van der Waals surface area (Å²) in [6, 6.07) is 17.6. The van der Waals surface area contributed by atoms with Crippen LogP contribution < -0.4 is 5.32 Å². The van der Waals surface area contributed by atoms with E-state index in [1.54, 1.807) is 7.11 Å². The molecule has 0 saturated carbocycles. The van der Waals surface area contributed by atoms with Gasteiger partial charge in [0.2, 0.25) is 5.91 Å². The predicted molar refractivity (Wildman–Crippen MR) is 116 cm³/mol. The molecule has 152 valence electrons. The molecule has 0 fully saturated rings. The first-order chi connectivity index (χ1) is 14.2. The molecule has 8 heteroatoms. The Hall–Kier alpha value is -2.35. The zero-order chi connectivity index (χ0) is 20.5. The van der Waals surface area contributed by atoms with Crippen LogP contribution in [0.5, 0.6) is 0 Å².